The molecule has 0 spiro atoms. The predicted octanol–water partition coefficient (Wildman–Crippen LogP) is 1.93. The van der Waals surface area contributed by atoms with Gasteiger partial charge in [0, 0.05) is 0 Å². The van der Waals surface area contributed by atoms with Gasteiger partial charge >= 0.3 is 6.03 Å². The zero-order valence-corrected chi connectivity index (χ0v) is 13.2. The molecule has 1 fully saturated rings. The summed E-state index contributed by atoms with van der Waals surface area (Å²) in [5.41, 5.74) is 0.775. The SMILES string of the molecule is CCOc1cc(/C=C2/NC(=O)NC2=O)cc(Br)c1OCC#N. The number of hydrogen-bond acceptors (Lipinski definition) is 5. The van der Waals surface area contributed by atoms with Crippen molar-refractivity contribution in [2.24, 2.45) is 0 Å². The van der Waals surface area contributed by atoms with Crippen LogP contribution in [0.2, 0.25) is 0 Å². The Morgan fingerprint density at radius 3 is 2.68 bits per heavy atom. The molecule has 2 rings (SSSR count). The lowest BCUT2D eigenvalue weighted by molar-refractivity contribution is -0.115. The predicted molar refractivity (Wildman–Crippen MR) is 81.1 cm³/mol. The van der Waals surface area contributed by atoms with Crippen molar-refractivity contribution >= 4 is 33.9 Å². The molecule has 22 heavy (non-hydrogen) atoms. The number of nitrogens with zero attached hydrogens (tertiary/aromatic N) is 1. The average Bonchev–Trinajstić information content (AvgIpc) is 2.76. The van der Waals surface area contributed by atoms with Crippen LogP contribution in [0, 0.1) is 11.3 Å². The molecule has 114 valence electrons. The highest BCUT2D eigenvalue weighted by molar-refractivity contribution is 9.10. The van der Waals surface area contributed by atoms with Gasteiger partial charge in [0.25, 0.3) is 5.91 Å². The van der Waals surface area contributed by atoms with Crippen molar-refractivity contribution in [1.82, 2.24) is 10.6 Å². The van der Waals surface area contributed by atoms with Crippen molar-refractivity contribution in [3.8, 4) is 17.6 Å². The van der Waals surface area contributed by atoms with Gasteiger partial charge in [0.15, 0.2) is 18.1 Å². The van der Waals surface area contributed by atoms with Crippen LogP contribution >= 0.6 is 15.9 Å². The van der Waals surface area contributed by atoms with Crippen LogP contribution in [0.4, 0.5) is 4.79 Å². The van der Waals surface area contributed by atoms with Crippen LogP contribution in [0.1, 0.15) is 12.5 Å². The van der Waals surface area contributed by atoms with Crippen LogP contribution in [0.5, 0.6) is 11.5 Å². The lowest BCUT2D eigenvalue weighted by Gasteiger charge is -2.13. The summed E-state index contributed by atoms with van der Waals surface area (Å²) in [6, 6.07) is 4.68. The topological polar surface area (TPSA) is 100 Å². The number of carbonyl (C=O) groups is 2. The first-order valence-electron chi connectivity index (χ1n) is 6.35. The van der Waals surface area contributed by atoms with Crippen molar-refractivity contribution in [2.45, 2.75) is 6.92 Å². The molecule has 0 saturated carbocycles. The molecule has 0 bridgehead atoms. The summed E-state index contributed by atoms with van der Waals surface area (Å²) in [4.78, 5) is 22.6. The number of imide groups is 1. The van der Waals surface area contributed by atoms with Gasteiger partial charge in [-0.15, -0.1) is 0 Å². The first kappa shape index (κ1) is 15.9. The number of rotatable bonds is 5. The lowest BCUT2D eigenvalue weighted by Crippen LogP contribution is -2.22. The largest absolute Gasteiger partial charge is 0.490 e. The Bertz CT molecular complexity index is 694. The van der Waals surface area contributed by atoms with Crippen LogP contribution in [0.25, 0.3) is 6.08 Å². The first-order valence-corrected chi connectivity index (χ1v) is 7.14. The normalized spacial score (nSPS) is 15.2. The molecule has 1 heterocycles. The second-order valence-corrected chi connectivity index (χ2v) is 5.03. The molecule has 2 N–H and O–H groups in total. The van der Waals surface area contributed by atoms with E-state index in [4.69, 9.17) is 14.7 Å². The van der Waals surface area contributed by atoms with Gasteiger partial charge in [0.2, 0.25) is 0 Å². The average molecular weight is 366 g/mol. The molecular weight excluding hydrogens is 354 g/mol. The number of halogens is 1. The summed E-state index contributed by atoms with van der Waals surface area (Å²) < 4.78 is 11.4. The molecule has 1 aromatic carbocycles. The van der Waals surface area contributed by atoms with Gasteiger partial charge in [-0.05, 0) is 46.6 Å². The fourth-order valence-corrected chi connectivity index (χ4v) is 2.40. The van der Waals surface area contributed by atoms with E-state index in [1.807, 2.05) is 13.0 Å². The van der Waals surface area contributed by atoms with Gasteiger partial charge in [-0.2, -0.15) is 5.26 Å². The molecule has 8 heteroatoms. The number of benzene rings is 1. The molecule has 1 saturated heterocycles. The van der Waals surface area contributed by atoms with Crippen molar-refractivity contribution in [1.29, 1.82) is 5.26 Å². The summed E-state index contributed by atoms with van der Waals surface area (Å²) in [5.74, 6) is 0.345. The van der Waals surface area contributed by atoms with E-state index in [2.05, 4.69) is 26.6 Å². The maximum absolute atomic E-state index is 11.5. The summed E-state index contributed by atoms with van der Waals surface area (Å²) in [6.45, 7) is 2.11. The highest BCUT2D eigenvalue weighted by Crippen LogP contribution is 2.37. The third-order valence-corrected chi connectivity index (χ3v) is 3.23. The molecule has 0 atom stereocenters. The molecule has 1 aliphatic rings. The Balaban J connectivity index is 2.38. The van der Waals surface area contributed by atoms with Crippen molar-refractivity contribution < 1.29 is 19.1 Å². The minimum absolute atomic E-state index is 0.114. The number of hydrogen-bond donors (Lipinski definition) is 2. The smallest absolute Gasteiger partial charge is 0.326 e. The number of urea groups is 1. The van der Waals surface area contributed by atoms with Gasteiger partial charge < -0.3 is 14.8 Å². The minimum atomic E-state index is -0.561. The van der Waals surface area contributed by atoms with E-state index in [0.29, 0.717) is 28.1 Å². The second kappa shape index (κ2) is 6.95. The van der Waals surface area contributed by atoms with Crippen molar-refractivity contribution in [3.05, 3.63) is 27.9 Å². The molecule has 0 aromatic heterocycles. The zero-order valence-electron chi connectivity index (χ0n) is 11.6. The summed E-state index contributed by atoms with van der Waals surface area (Å²) in [6.07, 6.45) is 1.52. The van der Waals surface area contributed by atoms with E-state index < -0.39 is 11.9 Å². The standard InChI is InChI=1S/C14H12BrN3O4/c1-2-21-11-7-8(5-9(15)12(11)22-4-3-16)6-10-13(19)18-14(20)17-10/h5-7H,2,4H2,1H3,(H2,17,18,19,20)/b10-6+. The quantitative estimate of drug-likeness (QED) is 0.613. The van der Waals surface area contributed by atoms with E-state index in [-0.39, 0.29) is 12.3 Å². The molecule has 3 amide bonds. The minimum Gasteiger partial charge on any atom is -0.490 e. The van der Waals surface area contributed by atoms with Crippen LogP contribution in [0.15, 0.2) is 22.3 Å². The monoisotopic (exact) mass is 365 g/mol. The van der Waals surface area contributed by atoms with E-state index in [0.717, 1.165) is 0 Å². The van der Waals surface area contributed by atoms with Crippen LogP contribution in [-0.2, 0) is 4.79 Å². The Kier molecular flexibility index (Phi) is 5.01. The fraction of sp³-hybridized carbons (Fsp3) is 0.214. The maximum Gasteiger partial charge on any atom is 0.326 e. The van der Waals surface area contributed by atoms with Gasteiger partial charge in [0.1, 0.15) is 11.8 Å². The van der Waals surface area contributed by atoms with E-state index >= 15 is 0 Å². The number of amides is 3. The Morgan fingerprint density at radius 1 is 1.32 bits per heavy atom. The molecule has 7 nitrogen and oxygen atoms in total. The number of carbonyl (C=O) groups excluding carboxylic acids is 2. The molecule has 1 aromatic rings. The Labute approximate surface area is 135 Å². The van der Waals surface area contributed by atoms with Gasteiger partial charge in [-0.1, -0.05) is 0 Å². The van der Waals surface area contributed by atoms with Crippen molar-refractivity contribution in [2.75, 3.05) is 13.2 Å². The second-order valence-electron chi connectivity index (χ2n) is 4.18. The lowest BCUT2D eigenvalue weighted by atomic mass is 10.1. The van der Waals surface area contributed by atoms with Gasteiger partial charge in [-0.25, -0.2) is 4.79 Å². The number of nitriles is 1. The number of ether oxygens (including phenoxy) is 2. The molecule has 0 radical (unpaired) electrons. The van der Waals surface area contributed by atoms with Crippen LogP contribution < -0.4 is 20.1 Å². The molecule has 1 aliphatic heterocycles. The first-order chi connectivity index (χ1) is 10.5. The zero-order chi connectivity index (χ0) is 16.1. The third-order valence-electron chi connectivity index (χ3n) is 2.64. The van der Waals surface area contributed by atoms with Gasteiger partial charge in [-0.3, -0.25) is 10.1 Å². The Hall–Kier alpha value is -2.53. The molecular formula is C14H12BrN3O4. The highest BCUT2D eigenvalue weighted by Gasteiger charge is 2.23. The summed E-state index contributed by atoms with van der Waals surface area (Å²) >= 11 is 3.34. The summed E-state index contributed by atoms with van der Waals surface area (Å²) in [7, 11) is 0. The molecule has 0 aliphatic carbocycles. The van der Waals surface area contributed by atoms with E-state index in [9.17, 15) is 9.59 Å². The van der Waals surface area contributed by atoms with Crippen LogP contribution in [-0.4, -0.2) is 25.2 Å². The van der Waals surface area contributed by atoms with Crippen molar-refractivity contribution in [3.63, 3.8) is 0 Å². The van der Waals surface area contributed by atoms with Gasteiger partial charge in [0.05, 0.1) is 11.1 Å². The summed E-state index contributed by atoms with van der Waals surface area (Å²) in [5, 5.41) is 13.1. The molecule has 0 unspecified atom stereocenters. The maximum atomic E-state index is 11.5. The Morgan fingerprint density at radius 2 is 2.09 bits per heavy atom. The number of nitrogens with one attached hydrogen (secondary N) is 2. The van der Waals surface area contributed by atoms with E-state index in [1.165, 1.54) is 6.08 Å². The highest BCUT2D eigenvalue weighted by atomic mass is 79.9. The third kappa shape index (κ3) is 3.56. The van der Waals surface area contributed by atoms with E-state index in [1.54, 1.807) is 12.1 Å². The van der Waals surface area contributed by atoms with Crippen LogP contribution in [0.3, 0.4) is 0 Å². The fourth-order valence-electron chi connectivity index (χ4n) is 1.83.